The molecule has 1 aromatic rings. The van der Waals surface area contributed by atoms with Crippen LogP contribution in [0, 0.1) is 17.2 Å². The Hall–Kier alpha value is -1.40. The van der Waals surface area contributed by atoms with Crippen LogP contribution in [0.4, 0.5) is 0 Å². The maximum absolute atomic E-state index is 13.2. The van der Waals surface area contributed by atoms with Crippen LogP contribution < -0.4 is 0 Å². The molecule has 0 bridgehead atoms. The normalized spacial score (nSPS) is 24.0. The third-order valence-electron chi connectivity index (χ3n) is 6.51. The minimum atomic E-state index is -0.271. The van der Waals surface area contributed by atoms with E-state index in [4.69, 9.17) is 10.1 Å². The van der Waals surface area contributed by atoms with Crippen molar-refractivity contribution < 1.29 is 14.6 Å². The number of benzene rings is 1. The van der Waals surface area contributed by atoms with Crippen LogP contribution in [0.2, 0.25) is 0 Å². The third kappa shape index (κ3) is 4.75. The molecular weight excluding hydrogens is 444 g/mol. The van der Waals surface area contributed by atoms with Gasteiger partial charge >= 0.3 is 0 Å². The van der Waals surface area contributed by atoms with E-state index in [1.54, 1.807) is 7.11 Å². The van der Waals surface area contributed by atoms with Gasteiger partial charge < -0.3 is 14.7 Å². The molecule has 3 rings (SSSR count). The van der Waals surface area contributed by atoms with Crippen molar-refractivity contribution in [3.05, 3.63) is 28.8 Å². The van der Waals surface area contributed by atoms with Gasteiger partial charge in [-0.15, -0.1) is 17.0 Å². The van der Waals surface area contributed by atoms with Gasteiger partial charge in [0.2, 0.25) is 0 Å². The fraction of sp³-hybridized carbons (Fsp3) is 0.667. The molecule has 168 valence electrons. The molecule has 1 aliphatic carbocycles. The number of Topliss-reactive ketones (excluding diaryl/α,β-unsaturated/α-hetero) is 1. The third-order valence-corrected chi connectivity index (χ3v) is 6.51. The SMILES string of the molecule is Br.CO[C@@H]1C[C@H]2CN(CC(=O)c3cc(C(C)(C)C)c(O)c(C(C)(C)C)c3)C(=N)[C@H]2C1. The van der Waals surface area contributed by atoms with Gasteiger partial charge in [0, 0.05) is 36.3 Å². The van der Waals surface area contributed by atoms with Gasteiger partial charge in [0.15, 0.2) is 5.78 Å². The Balaban J connectivity index is 0.00000320. The second-order valence-corrected chi connectivity index (χ2v) is 10.8. The zero-order valence-corrected chi connectivity index (χ0v) is 21.0. The van der Waals surface area contributed by atoms with Crippen molar-refractivity contribution in [2.75, 3.05) is 20.2 Å². The number of halogens is 1. The molecule has 3 atom stereocenters. The lowest BCUT2D eigenvalue weighted by atomic mass is 9.78. The van der Waals surface area contributed by atoms with Crippen LogP contribution in [0.5, 0.6) is 5.75 Å². The van der Waals surface area contributed by atoms with E-state index in [1.807, 2.05) is 58.6 Å². The first-order valence-corrected chi connectivity index (χ1v) is 10.6. The van der Waals surface area contributed by atoms with E-state index in [9.17, 15) is 9.90 Å². The summed E-state index contributed by atoms with van der Waals surface area (Å²) in [6, 6.07) is 3.68. The van der Waals surface area contributed by atoms with Gasteiger partial charge in [-0.2, -0.15) is 0 Å². The average Bonchev–Trinajstić information content (AvgIpc) is 3.12. The lowest BCUT2D eigenvalue weighted by Crippen LogP contribution is -2.33. The number of aromatic hydroxyl groups is 1. The van der Waals surface area contributed by atoms with Crippen LogP contribution in [0.15, 0.2) is 12.1 Å². The molecule has 0 aromatic heterocycles. The highest BCUT2D eigenvalue weighted by Crippen LogP contribution is 2.41. The number of fused-ring (bicyclic) bond motifs is 1. The summed E-state index contributed by atoms with van der Waals surface area (Å²) in [6.07, 6.45) is 2.09. The van der Waals surface area contributed by atoms with Gasteiger partial charge in [0.25, 0.3) is 0 Å². The number of hydrogen-bond acceptors (Lipinski definition) is 4. The topological polar surface area (TPSA) is 73.6 Å². The maximum Gasteiger partial charge on any atom is 0.182 e. The summed E-state index contributed by atoms with van der Waals surface area (Å²) in [6.45, 7) is 13.3. The molecular formula is C24H37BrN2O3. The zero-order chi connectivity index (χ0) is 21.7. The molecule has 1 saturated carbocycles. The van der Waals surface area contributed by atoms with Crippen molar-refractivity contribution in [1.29, 1.82) is 5.41 Å². The molecule has 2 N–H and O–H groups in total. The summed E-state index contributed by atoms with van der Waals surface area (Å²) in [5.41, 5.74) is 1.67. The summed E-state index contributed by atoms with van der Waals surface area (Å²) in [5, 5.41) is 19.4. The molecule has 6 heteroatoms. The summed E-state index contributed by atoms with van der Waals surface area (Å²) >= 11 is 0. The number of phenols is 1. The number of rotatable bonds is 4. The lowest BCUT2D eigenvalue weighted by molar-refractivity contribution is 0.0943. The number of hydrogen-bond donors (Lipinski definition) is 2. The number of carbonyl (C=O) groups is 1. The van der Waals surface area contributed by atoms with E-state index in [0.29, 0.717) is 17.3 Å². The number of phenolic OH excluding ortho intramolecular Hbond substituents is 1. The van der Waals surface area contributed by atoms with Crippen molar-refractivity contribution in [2.45, 2.75) is 71.3 Å². The lowest BCUT2D eigenvalue weighted by Gasteiger charge is -2.28. The van der Waals surface area contributed by atoms with E-state index in [0.717, 1.165) is 30.5 Å². The highest BCUT2D eigenvalue weighted by atomic mass is 79.9. The molecule has 5 nitrogen and oxygen atoms in total. The first-order chi connectivity index (χ1) is 13.3. The van der Waals surface area contributed by atoms with Gasteiger partial charge in [0.1, 0.15) is 5.75 Å². The molecule has 1 saturated heterocycles. The number of methoxy groups -OCH3 is 1. The number of nitrogens with zero attached hydrogens (tertiary/aromatic N) is 1. The largest absolute Gasteiger partial charge is 0.507 e. The van der Waals surface area contributed by atoms with Crippen molar-refractivity contribution in [1.82, 2.24) is 4.90 Å². The monoisotopic (exact) mass is 480 g/mol. The van der Waals surface area contributed by atoms with Crippen LogP contribution in [-0.2, 0) is 15.6 Å². The fourth-order valence-corrected chi connectivity index (χ4v) is 4.77. The fourth-order valence-electron chi connectivity index (χ4n) is 4.77. The van der Waals surface area contributed by atoms with E-state index in [2.05, 4.69) is 0 Å². The summed E-state index contributed by atoms with van der Waals surface area (Å²) in [7, 11) is 1.74. The molecule has 0 radical (unpaired) electrons. The second kappa shape index (κ2) is 8.62. The number of likely N-dealkylation sites (tertiary alicyclic amines) is 1. The molecule has 1 aliphatic heterocycles. The summed E-state index contributed by atoms with van der Waals surface area (Å²) < 4.78 is 5.48. The van der Waals surface area contributed by atoms with Gasteiger partial charge in [-0.25, -0.2) is 0 Å². The van der Waals surface area contributed by atoms with Crippen molar-refractivity contribution in [3.8, 4) is 5.75 Å². The Morgan fingerprint density at radius 2 is 1.67 bits per heavy atom. The summed E-state index contributed by atoms with van der Waals surface area (Å²) in [4.78, 5) is 15.1. The highest BCUT2D eigenvalue weighted by Gasteiger charge is 2.45. The first kappa shape index (κ1) is 24.9. The van der Waals surface area contributed by atoms with Crippen molar-refractivity contribution >= 4 is 28.6 Å². The quantitative estimate of drug-likeness (QED) is 0.589. The van der Waals surface area contributed by atoms with Gasteiger partial charge in [0.05, 0.1) is 18.5 Å². The molecule has 0 amide bonds. The van der Waals surface area contributed by atoms with E-state index >= 15 is 0 Å². The number of carbonyl (C=O) groups excluding carboxylic acids is 1. The Morgan fingerprint density at radius 1 is 1.13 bits per heavy atom. The molecule has 0 spiro atoms. The van der Waals surface area contributed by atoms with Crippen LogP contribution in [0.1, 0.15) is 75.9 Å². The Morgan fingerprint density at radius 3 is 2.10 bits per heavy atom. The predicted molar refractivity (Wildman–Crippen MR) is 126 cm³/mol. The smallest absolute Gasteiger partial charge is 0.182 e. The Bertz CT molecular complexity index is 788. The summed E-state index contributed by atoms with van der Waals surface area (Å²) in [5.74, 6) is 1.50. The highest BCUT2D eigenvalue weighted by molar-refractivity contribution is 8.93. The first-order valence-electron chi connectivity index (χ1n) is 10.6. The minimum Gasteiger partial charge on any atom is -0.507 e. The number of ketones is 1. The second-order valence-electron chi connectivity index (χ2n) is 10.8. The maximum atomic E-state index is 13.2. The molecule has 2 fully saturated rings. The van der Waals surface area contributed by atoms with Crippen LogP contribution in [-0.4, -0.2) is 47.9 Å². The standard InChI is InChI=1S/C24H36N2O3.BrH/c1-23(2,3)18-9-14(10-19(21(18)28)24(4,5)6)20(27)13-26-12-15-8-16(29-7)11-17(15)22(26)25;/h9-10,15-17,25,28H,8,11-13H2,1-7H3;1H/t15-,16+,17-;/m0./s1. The van der Waals surface area contributed by atoms with Crippen molar-refractivity contribution in [3.63, 3.8) is 0 Å². The Kier molecular flexibility index (Phi) is 7.14. The van der Waals surface area contributed by atoms with E-state index < -0.39 is 0 Å². The minimum absolute atomic E-state index is 0. The van der Waals surface area contributed by atoms with E-state index in [-0.39, 0.29) is 57.9 Å². The number of amidine groups is 1. The molecule has 0 unspecified atom stereocenters. The van der Waals surface area contributed by atoms with Gasteiger partial charge in [-0.3, -0.25) is 10.2 Å². The van der Waals surface area contributed by atoms with Gasteiger partial charge in [-0.05, 0) is 41.7 Å². The number of nitrogens with one attached hydrogen (secondary N) is 1. The van der Waals surface area contributed by atoms with Crippen LogP contribution >= 0.6 is 17.0 Å². The Labute approximate surface area is 191 Å². The van der Waals surface area contributed by atoms with Gasteiger partial charge in [-0.1, -0.05) is 41.5 Å². The van der Waals surface area contributed by atoms with Crippen molar-refractivity contribution in [2.24, 2.45) is 11.8 Å². The predicted octanol–water partition coefficient (Wildman–Crippen LogP) is 5.08. The molecule has 30 heavy (non-hydrogen) atoms. The average molecular weight is 481 g/mol. The number of ether oxygens (including phenoxy) is 1. The van der Waals surface area contributed by atoms with Crippen LogP contribution in [0.25, 0.3) is 0 Å². The molecule has 1 aromatic carbocycles. The molecule has 1 heterocycles. The van der Waals surface area contributed by atoms with E-state index in [1.165, 1.54) is 0 Å². The zero-order valence-electron chi connectivity index (χ0n) is 19.3. The molecule has 2 aliphatic rings. The van der Waals surface area contributed by atoms with Crippen LogP contribution in [0.3, 0.4) is 0 Å².